The molecule has 0 spiro atoms. The van der Waals surface area contributed by atoms with Crippen molar-refractivity contribution in [3.8, 4) is 0 Å². The van der Waals surface area contributed by atoms with Gasteiger partial charge in [-0.25, -0.2) is 0 Å². The van der Waals surface area contributed by atoms with E-state index in [-0.39, 0.29) is 319 Å². The molecule has 0 aromatic rings. The van der Waals surface area contributed by atoms with Crippen molar-refractivity contribution in [3.05, 3.63) is 0 Å². The standard InChI is InChI=1S/8Be.6Na.11O/q8*+2;6*+1;11*-2. The normalized spacial score (nSPS) is 0. The third-order valence-electron chi connectivity index (χ3n) is 0. The fraction of sp³-hybridized carbons (Fsp3) is 0. The fourth-order valence-corrected chi connectivity index (χ4v) is 0. The van der Waals surface area contributed by atoms with Crippen LogP contribution in [0.2, 0.25) is 0 Å². The fourth-order valence-electron chi connectivity index (χ4n) is 0. The van der Waals surface area contributed by atoms with Crippen LogP contribution in [0.15, 0.2) is 0 Å². The topological polar surface area (TPSA) is 314 Å². The molecule has 0 saturated carbocycles. The molecule has 0 fully saturated rings. The molecule has 0 aliphatic heterocycles. The van der Waals surface area contributed by atoms with E-state index >= 15 is 0 Å². The predicted octanol–water partition coefficient (Wildman–Crippen LogP) is -22.3. The second-order valence-corrected chi connectivity index (χ2v) is 0. The van der Waals surface area contributed by atoms with Crippen molar-refractivity contribution in [2.45, 2.75) is 0 Å². The molecular formula is Be8Na6O11. The number of rotatable bonds is 0. The van der Waals surface area contributed by atoms with Gasteiger partial charge in [-0.05, 0) is 0 Å². The smallest absolute Gasteiger partial charge is 2.00 e. The van der Waals surface area contributed by atoms with Crippen LogP contribution in [0.25, 0.3) is 0 Å². The molecule has 0 saturated heterocycles. The third kappa shape index (κ3) is 541. The van der Waals surface area contributed by atoms with Gasteiger partial charge in [-0.1, -0.05) is 0 Å². The molecule has 0 heterocycles. The van der Waals surface area contributed by atoms with E-state index < -0.39 is 0 Å². The zero-order valence-corrected chi connectivity index (χ0v) is 28.1. The van der Waals surface area contributed by atoms with Crippen LogP contribution in [0.3, 0.4) is 0 Å². The first-order chi connectivity index (χ1) is 0. The minimum Gasteiger partial charge on any atom is -2.00 e. The van der Waals surface area contributed by atoms with E-state index in [1.165, 1.54) is 0 Å². The van der Waals surface area contributed by atoms with Gasteiger partial charge in [0.05, 0.1) is 0 Å². The summed E-state index contributed by atoms with van der Waals surface area (Å²) in [4.78, 5) is 0. The van der Waals surface area contributed by atoms with Crippen molar-refractivity contribution in [1.29, 1.82) is 0 Å². The van der Waals surface area contributed by atoms with Gasteiger partial charge in [-0.15, -0.1) is 0 Å². The molecule has 0 aliphatic carbocycles. The van der Waals surface area contributed by atoms with Crippen molar-refractivity contribution in [2.24, 2.45) is 0 Å². The van der Waals surface area contributed by atoms with Crippen LogP contribution < -0.4 is 177 Å². The van der Waals surface area contributed by atoms with Gasteiger partial charge >= 0.3 is 258 Å². The molecular weight excluding hydrogens is 386 g/mol. The number of hydrogen-bond donors (Lipinski definition) is 0. The summed E-state index contributed by atoms with van der Waals surface area (Å²) in [5.41, 5.74) is 0. The van der Waals surface area contributed by atoms with Gasteiger partial charge in [0.1, 0.15) is 0 Å². The summed E-state index contributed by atoms with van der Waals surface area (Å²) in [7, 11) is 0. The minimum atomic E-state index is 0. The van der Waals surface area contributed by atoms with E-state index in [1.54, 1.807) is 0 Å². The zero-order valence-electron chi connectivity index (χ0n) is 16.1. The van der Waals surface area contributed by atoms with Gasteiger partial charge in [-0.2, -0.15) is 0 Å². The van der Waals surface area contributed by atoms with Crippen molar-refractivity contribution < 1.29 is 238 Å². The van der Waals surface area contributed by atoms with E-state index in [0.717, 1.165) is 0 Å². The largest absolute Gasteiger partial charge is 2.00 e. The molecule has 0 unspecified atom stereocenters. The molecule has 0 aromatic carbocycles. The first-order valence-electron chi connectivity index (χ1n) is 0. The molecule has 0 bridgehead atoms. The van der Waals surface area contributed by atoms with Gasteiger partial charge in [0, 0.05) is 0 Å². The second kappa shape index (κ2) is 579. The minimum absolute atomic E-state index is 0. The van der Waals surface area contributed by atoms with Crippen molar-refractivity contribution in [2.75, 3.05) is 0 Å². The summed E-state index contributed by atoms with van der Waals surface area (Å²) in [5, 5.41) is 0. The van der Waals surface area contributed by atoms with Crippen molar-refractivity contribution >= 4 is 81.0 Å². The molecule has 0 amide bonds. The van der Waals surface area contributed by atoms with Crippen LogP contribution in [0, 0.1) is 0 Å². The summed E-state index contributed by atoms with van der Waals surface area (Å²) in [6.07, 6.45) is 0. The molecule has 0 radical (unpaired) electrons. The summed E-state index contributed by atoms with van der Waals surface area (Å²) in [6, 6.07) is 0. The van der Waals surface area contributed by atoms with Crippen molar-refractivity contribution in [1.82, 2.24) is 0 Å². The van der Waals surface area contributed by atoms with E-state index in [4.69, 9.17) is 0 Å². The Kier molecular flexibility index (Phi) is 14800. The SMILES string of the molecule is [Be+2].[Be+2].[Be+2].[Be+2].[Be+2].[Be+2].[Be+2].[Be+2].[Na+].[Na+].[Na+].[Na+].[Na+].[Na+].[O-2].[O-2].[O-2].[O-2].[O-2].[O-2].[O-2].[O-2].[O-2].[O-2].[O-2]. The summed E-state index contributed by atoms with van der Waals surface area (Å²) in [6.45, 7) is 0. The molecule has 11 nitrogen and oxygen atoms in total. The molecule has 0 atom stereocenters. The summed E-state index contributed by atoms with van der Waals surface area (Å²) in [5.74, 6) is 0. The zero-order chi connectivity index (χ0) is 0. The second-order valence-electron chi connectivity index (χ2n) is 0. The third-order valence-corrected chi connectivity index (χ3v) is 0. The average molecular weight is 386 g/mol. The van der Waals surface area contributed by atoms with E-state index in [1.807, 2.05) is 0 Å². The van der Waals surface area contributed by atoms with Gasteiger partial charge in [0.2, 0.25) is 0 Å². The molecule has 0 aromatic heterocycles. The van der Waals surface area contributed by atoms with Gasteiger partial charge in [0.25, 0.3) is 0 Å². The quantitative estimate of drug-likeness (QED) is 0.350. The summed E-state index contributed by atoms with van der Waals surface area (Å²) < 4.78 is 0. The van der Waals surface area contributed by atoms with Crippen molar-refractivity contribution in [3.63, 3.8) is 0 Å². The molecule has 0 aliphatic rings. The van der Waals surface area contributed by atoms with E-state index in [2.05, 4.69) is 0 Å². The molecule has 25 heavy (non-hydrogen) atoms. The van der Waals surface area contributed by atoms with Crippen LogP contribution >= 0.6 is 0 Å². The van der Waals surface area contributed by atoms with E-state index in [0.29, 0.717) is 0 Å². The Morgan fingerprint density at radius 3 is 0.120 bits per heavy atom. The Labute approximate surface area is 312 Å². The van der Waals surface area contributed by atoms with Crippen LogP contribution in [-0.4, -0.2) is 81.0 Å². The monoisotopic (exact) mass is 386 g/mol. The molecule has 25 heteroatoms. The Bertz CT molecular complexity index is 38.5. The van der Waals surface area contributed by atoms with Crippen LogP contribution in [0.5, 0.6) is 0 Å². The number of hydrogen-bond acceptors (Lipinski definition) is 0. The summed E-state index contributed by atoms with van der Waals surface area (Å²) >= 11 is 0. The Balaban J connectivity index is 0. The van der Waals surface area contributed by atoms with Gasteiger partial charge < -0.3 is 60.2 Å². The molecule has 0 rings (SSSR count). The average Bonchev–Trinajstić information content (AvgIpc) is 0. The van der Waals surface area contributed by atoms with Gasteiger partial charge in [-0.3, -0.25) is 0 Å². The Hall–Kier alpha value is 6.91. The van der Waals surface area contributed by atoms with Crippen LogP contribution in [0.1, 0.15) is 0 Å². The maximum atomic E-state index is 0. The maximum Gasteiger partial charge on any atom is 2.00 e. The Morgan fingerprint density at radius 1 is 0.120 bits per heavy atom. The maximum absolute atomic E-state index is 0. The first kappa shape index (κ1) is 638. The van der Waals surface area contributed by atoms with Crippen LogP contribution in [0.4, 0.5) is 0 Å². The first-order valence-corrected chi connectivity index (χ1v) is 0. The van der Waals surface area contributed by atoms with E-state index in [9.17, 15) is 0 Å². The van der Waals surface area contributed by atoms with Gasteiger partial charge in [0.15, 0.2) is 0 Å². The predicted molar refractivity (Wildman–Crippen MR) is 53.6 cm³/mol. The molecule has 0 N–H and O–H groups in total. The molecule has 88 valence electrons. The Morgan fingerprint density at radius 2 is 0.120 bits per heavy atom. The van der Waals surface area contributed by atoms with Crippen LogP contribution in [-0.2, 0) is 60.2 Å².